The normalized spacial score (nSPS) is 14.0. The second-order valence-electron chi connectivity index (χ2n) is 10.2. The number of hydrogen-bond acceptors (Lipinski definition) is 6. The highest BCUT2D eigenvalue weighted by molar-refractivity contribution is 7.99. The van der Waals surface area contributed by atoms with Crippen LogP contribution in [0.3, 0.4) is 0 Å². The van der Waals surface area contributed by atoms with Crippen LogP contribution in [0.25, 0.3) is 0 Å². The lowest BCUT2D eigenvalue weighted by atomic mass is 9.97. The molecule has 0 aromatic carbocycles. The second kappa shape index (κ2) is 14.8. The molecule has 2 atom stereocenters. The number of primary amides is 1. The van der Waals surface area contributed by atoms with E-state index in [-0.39, 0.29) is 18.2 Å². The third-order valence-electron chi connectivity index (χ3n) is 5.57. The molecule has 0 aliphatic rings. The van der Waals surface area contributed by atoms with E-state index in [1.165, 1.54) is 16.8 Å². The van der Waals surface area contributed by atoms with Gasteiger partial charge >= 0.3 is 0 Å². The molecule has 9 heteroatoms. The standard InChI is InChI=1S/C24H48N4O4S/c1-10-11-21(29)26(8)20(16-33-13-12-28(18(4)5)15-17(2)3)23(31)27(9)19(22(25)30)14-24(6,7)32/h17-20,32H,10-16H2,1-9H3,(H2,25,30)/t19-,20+/m0/s1. The van der Waals surface area contributed by atoms with Crippen molar-refractivity contribution in [3.63, 3.8) is 0 Å². The Morgan fingerprint density at radius 2 is 1.61 bits per heavy atom. The number of likely N-dealkylation sites (N-methyl/N-ethyl adjacent to an activating group) is 2. The first-order valence-corrected chi connectivity index (χ1v) is 13.1. The van der Waals surface area contributed by atoms with E-state index >= 15 is 0 Å². The summed E-state index contributed by atoms with van der Waals surface area (Å²) < 4.78 is 0. The van der Waals surface area contributed by atoms with Crippen molar-refractivity contribution in [3.05, 3.63) is 0 Å². The molecule has 0 radical (unpaired) electrons. The Morgan fingerprint density at radius 3 is 2.03 bits per heavy atom. The lowest BCUT2D eigenvalue weighted by Crippen LogP contribution is -2.56. The molecule has 33 heavy (non-hydrogen) atoms. The smallest absolute Gasteiger partial charge is 0.246 e. The highest BCUT2D eigenvalue weighted by Gasteiger charge is 2.36. The van der Waals surface area contributed by atoms with Crippen LogP contribution in [-0.4, -0.2) is 99.9 Å². The maximum atomic E-state index is 13.4. The molecule has 0 aliphatic carbocycles. The molecule has 0 fully saturated rings. The molecular formula is C24H48N4O4S. The van der Waals surface area contributed by atoms with Gasteiger partial charge in [0.05, 0.1) is 5.60 Å². The monoisotopic (exact) mass is 488 g/mol. The minimum Gasteiger partial charge on any atom is -0.390 e. The predicted molar refractivity (Wildman–Crippen MR) is 137 cm³/mol. The zero-order valence-electron chi connectivity index (χ0n) is 22.3. The molecular weight excluding hydrogens is 440 g/mol. The molecule has 0 saturated carbocycles. The number of carbonyl (C=O) groups is 3. The molecule has 3 N–H and O–H groups in total. The molecule has 194 valence electrons. The maximum Gasteiger partial charge on any atom is 0.246 e. The van der Waals surface area contributed by atoms with Crippen LogP contribution in [0.4, 0.5) is 0 Å². The Morgan fingerprint density at radius 1 is 1.03 bits per heavy atom. The average molecular weight is 489 g/mol. The lowest BCUT2D eigenvalue weighted by molar-refractivity contribution is -0.147. The van der Waals surface area contributed by atoms with E-state index in [0.29, 0.717) is 30.6 Å². The Labute approximate surface area is 205 Å². The maximum absolute atomic E-state index is 13.4. The number of amides is 3. The molecule has 8 nitrogen and oxygen atoms in total. The summed E-state index contributed by atoms with van der Waals surface area (Å²) in [6.07, 6.45) is 1.07. The van der Waals surface area contributed by atoms with Gasteiger partial charge in [-0.1, -0.05) is 20.8 Å². The van der Waals surface area contributed by atoms with E-state index in [1.54, 1.807) is 32.7 Å². The molecule has 0 spiro atoms. The zero-order valence-corrected chi connectivity index (χ0v) is 23.1. The third-order valence-corrected chi connectivity index (χ3v) is 6.60. The minimum atomic E-state index is -1.17. The Hall–Kier alpha value is -1.32. The van der Waals surface area contributed by atoms with E-state index in [1.807, 2.05) is 6.92 Å². The second-order valence-corrected chi connectivity index (χ2v) is 11.4. The van der Waals surface area contributed by atoms with Gasteiger partial charge in [0.15, 0.2) is 0 Å². The Balaban J connectivity index is 5.46. The van der Waals surface area contributed by atoms with Crippen LogP contribution in [0, 0.1) is 5.92 Å². The number of carbonyl (C=O) groups excluding carboxylic acids is 3. The largest absolute Gasteiger partial charge is 0.390 e. The molecule has 0 aliphatic heterocycles. The van der Waals surface area contributed by atoms with E-state index < -0.39 is 23.6 Å². The van der Waals surface area contributed by atoms with Crippen LogP contribution < -0.4 is 5.73 Å². The SMILES string of the molecule is CCCC(=O)N(C)[C@H](CSCCN(CC(C)C)C(C)C)C(=O)N(C)[C@@H](CC(C)(C)O)C(N)=O. The first-order valence-electron chi connectivity index (χ1n) is 12.0. The van der Waals surface area contributed by atoms with Crippen molar-refractivity contribution in [1.29, 1.82) is 0 Å². The highest BCUT2D eigenvalue weighted by atomic mass is 32.2. The minimum absolute atomic E-state index is 0.0234. The van der Waals surface area contributed by atoms with Gasteiger partial charge in [-0.15, -0.1) is 0 Å². The van der Waals surface area contributed by atoms with E-state index in [4.69, 9.17) is 5.73 Å². The average Bonchev–Trinajstić information content (AvgIpc) is 2.68. The fraction of sp³-hybridized carbons (Fsp3) is 0.875. The summed E-state index contributed by atoms with van der Waals surface area (Å²) in [6, 6.07) is -1.23. The van der Waals surface area contributed by atoms with Gasteiger partial charge < -0.3 is 20.6 Å². The van der Waals surface area contributed by atoms with Gasteiger partial charge in [0.25, 0.3) is 0 Å². The number of aliphatic hydroxyl groups is 1. The van der Waals surface area contributed by atoms with Crippen LogP contribution in [0.1, 0.15) is 67.7 Å². The summed E-state index contributed by atoms with van der Waals surface area (Å²) in [5.74, 6) is 0.702. The molecule has 0 bridgehead atoms. The Bertz CT molecular complexity index is 622. The van der Waals surface area contributed by atoms with E-state index in [9.17, 15) is 19.5 Å². The summed E-state index contributed by atoms with van der Waals surface area (Å²) >= 11 is 1.63. The van der Waals surface area contributed by atoms with Crippen LogP contribution in [0.2, 0.25) is 0 Å². The van der Waals surface area contributed by atoms with Crippen LogP contribution >= 0.6 is 11.8 Å². The van der Waals surface area contributed by atoms with Crippen molar-refractivity contribution >= 4 is 29.5 Å². The summed E-state index contributed by atoms with van der Waals surface area (Å²) in [7, 11) is 3.16. The number of nitrogens with two attached hydrogens (primary N) is 1. The lowest BCUT2D eigenvalue weighted by Gasteiger charge is -2.35. The number of rotatable bonds is 16. The molecule has 0 aromatic heterocycles. The van der Waals surface area contributed by atoms with Gasteiger partial charge in [0, 0.05) is 57.6 Å². The van der Waals surface area contributed by atoms with E-state index in [0.717, 1.165) is 18.8 Å². The van der Waals surface area contributed by atoms with E-state index in [2.05, 4.69) is 32.6 Å². The number of thioether (sulfide) groups is 1. The summed E-state index contributed by atoms with van der Waals surface area (Å²) in [4.78, 5) is 43.3. The van der Waals surface area contributed by atoms with Gasteiger partial charge in [-0.2, -0.15) is 11.8 Å². The van der Waals surface area contributed by atoms with Crippen molar-refractivity contribution in [2.45, 2.75) is 91.5 Å². The van der Waals surface area contributed by atoms with Gasteiger partial charge in [0.1, 0.15) is 12.1 Å². The fourth-order valence-electron chi connectivity index (χ4n) is 3.61. The number of hydrogen-bond donors (Lipinski definition) is 2. The van der Waals surface area contributed by atoms with Crippen molar-refractivity contribution in [2.75, 3.05) is 38.7 Å². The third kappa shape index (κ3) is 12.1. The molecule has 3 amide bonds. The van der Waals surface area contributed by atoms with Gasteiger partial charge in [-0.05, 0) is 40.0 Å². The Kier molecular flexibility index (Phi) is 14.2. The van der Waals surface area contributed by atoms with Crippen LogP contribution in [0.15, 0.2) is 0 Å². The summed E-state index contributed by atoms with van der Waals surface area (Å²) in [6.45, 7) is 15.7. The molecule has 0 rings (SSSR count). The van der Waals surface area contributed by atoms with Gasteiger partial charge in [0.2, 0.25) is 17.7 Å². The van der Waals surface area contributed by atoms with Gasteiger partial charge in [-0.3, -0.25) is 19.3 Å². The van der Waals surface area contributed by atoms with Crippen molar-refractivity contribution in [2.24, 2.45) is 11.7 Å². The summed E-state index contributed by atoms with van der Waals surface area (Å²) in [5.41, 5.74) is 4.39. The van der Waals surface area contributed by atoms with Crippen molar-refractivity contribution < 1.29 is 19.5 Å². The summed E-state index contributed by atoms with van der Waals surface area (Å²) in [5, 5.41) is 10.2. The molecule has 0 saturated heterocycles. The molecule has 0 unspecified atom stereocenters. The topological polar surface area (TPSA) is 107 Å². The number of nitrogens with zero attached hydrogens (tertiary/aromatic N) is 3. The molecule has 0 heterocycles. The first kappa shape index (κ1) is 31.7. The first-order chi connectivity index (χ1) is 15.1. The van der Waals surface area contributed by atoms with Crippen LogP contribution in [0.5, 0.6) is 0 Å². The van der Waals surface area contributed by atoms with Gasteiger partial charge in [-0.25, -0.2) is 0 Å². The molecule has 0 aromatic rings. The fourth-order valence-corrected chi connectivity index (χ4v) is 4.73. The quantitative estimate of drug-likeness (QED) is 0.323. The van der Waals surface area contributed by atoms with Crippen molar-refractivity contribution in [1.82, 2.24) is 14.7 Å². The zero-order chi connectivity index (χ0) is 25.9. The van der Waals surface area contributed by atoms with Crippen LogP contribution in [-0.2, 0) is 14.4 Å². The highest BCUT2D eigenvalue weighted by Crippen LogP contribution is 2.19. The predicted octanol–water partition coefficient (Wildman–Crippen LogP) is 2.19. The van der Waals surface area contributed by atoms with Crippen molar-refractivity contribution in [3.8, 4) is 0 Å².